The number of nitrogen functional groups attached to an aromatic ring is 1. The lowest BCUT2D eigenvalue weighted by Gasteiger charge is -2.44. The zero-order valence-electron chi connectivity index (χ0n) is 12.4. The fourth-order valence-corrected chi connectivity index (χ4v) is 3.57. The average molecular weight is 276 g/mol. The van der Waals surface area contributed by atoms with Gasteiger partial charge >= 0.3 is 0 Å². The fraction of sp³-hybridized carbons (Fsp3) is 0.786. The number of nitrogens with zero attached hydrogens (tertiary/aromatic N) is 5. The summed E-state index contributed by atoms with van der Waals surface area (Å²) >= 11 is 0. The quantitative estimate of drug-likeness (QED) is 0.886. The molecule has 2 atom stereocenters. The molecule has 0 spiro atoms. The van der Waals surface area contributed by atoms with Crippen molar-refractivity contribution < 1.29 is 0 Å². The van der Waals surface area contributed by atoms with E-state index in [0.29, 0.717) is 17.9 Å². The average Bonchev–Trinajstić information content (AvgIpc) is 2.46. The summed E-state index contributed by atoms with van der Waals surface area (Å²) in [6, 6.07) is 0.592. The molecule has 2 fully saturated rings. The van der Waals surface area contributed by atoms with Crippen LogP contribution in [0.3, 0.4) is 0 Å². The summed E-state index contributed by atoms with van der Waals surface area (Å²) in [4.78, 5) is 17.4. The van der Waals surface area contributed by atoms with Gasteiger partial charge in [0, 0.05) is 26.7 Å². The first-order valence-electron chi connectivity index (χ1n) is 7.60. The molecule has 1 aliphatic carbocycles. The van der Waals surface area contributed by atoms with Crippen LogP contribution in [-0.2, 0) is 0 Å². The molecule has 3 rings (SSSR count). The third-order valence-corrected chi connectivity index (χ3v) is 4.53. The van der Waals surface area contributed by atoms with Crippen LogP contribution in [-0.4, -0.2) is 41.6 Å². The summed E-state index contributed by atoms with van der Waals surface area (Å²) in [7, 11) is 3.86. The van der Waals surface area contributed by atoms with Crippen LogP contribution in [0, 0.1) is 5.92 Å². The van der Waals surface area contributed by atoms with Crippen LogP contribution in [0.1, 0.15) is 38.5 Å². The van der Waals surface area contributed by atoms with E-state index in [9.17, 15) is 0 Å². The third-order valence-electron chi connectivity index (χ3n) is 4.53. The van der Waals surface area contributed by atoms with Crippen molar-refractivity contribution in [2.75, 3.05) is 36.2 Å². The number of hydrogen-bond donors (Lipinski definition) is 1. The maximum atomic E-state index is 5.86. The normalized spacial score (nSPS) is 26.2. The van der Waals surface area contributed by atoms with E-state index in [1.807, 2.05) is 19.0 Å². The number of hydrogen-bond acceptors (Lipinski definition) is 6. The monoisotopic (exact) mass is 276 g/mol. The van der Waals surface area contributed by atoms with Gasteiger partial charge in [-0.3, -0.25) is 0 Å². The van der Waals surface area contributed by atoms with Crippen molar-refractivity contribution in [2.24, 2.45) is 5.92 Å². The standard InChI is InChI=1S/C14H24N6/c1-19(2)13-16-12(15)17-14(18-13)20-9-5-7-10-6-3-4-8-11(10)20/h10-11H,3-9H2,1-2H3,(H2,15,16,17,18)/t10-,11-/m1/s1. The maximum Gasteiger partial charge on any atom is 0.232 e. The highest BCUT2D eigenvalue weighted by Gasteiger charge is 2.34. The lowest BCUT2D eigenvalue weighted by molar-refractivity contribution is 0.241. The SMILES string of the molecule is CN(C)c1nc(N)nc(N2CCC[C@H]3CCCC[C@H]32)n1. The van der Waals surface area contributed by atoms with Crippen LogP contribution in [0.15, 0.2) is 0 Å². The highest BCUT2D eigenvalue weighted by Crippen LogP contribution is 2.36. The van der Waals surface area contributed by atoms with Crippen LogP contribution in [0.2, 0.25) is 0 Å². The summed E-state index contributed by atoms with van der Waals surface area (Å²) in [6.07, 6.45) is 7.87. The van der Waals surface area contributed by atoms with E-state index < -0.39 is 0 Å². The van der Waals surface area contributed by atoms with Gasteiger partial charge in [-0.05, 0) is 31.6 Å². The predicted octanol–water partition coefficient (Wildman–Crippen LogP) is 1.68. The van der Waals surface area contributed by atoms with Gasteiger partial charge in [0.15, 0.2) is 0 Å². The van der Waals surface area contributed by atoms with E-state index in [-0.39, 0.29) is 0 Å². The van der Waals surface area contributed by atoms with Crippen LogP contribution in [0.4, 0.5) is 17.8 Å². The second-order valence-electron chi connectivity index (χ2n) is 6.14. The number of rotatable bonds is 2. The highest BCUT2D eigenvalue weighted by molar-refractivity contribution is 5.44. The molecule has 0 bridgehead atoms. The van der Waals surface area contributed by atoms with Crippen molar-refractivity contribution in [3.05, 3.63) is 0 Å². The van der Waals surface area contributed by atoms with E-state index in [0.717, 1.165) is 18.4 Å². The highest BCUT2D eigenvalue weighted by atomic mass is 15.4. The number of aromatic nitrogens is 3. The first kappa shape index (κ1) is 13.4. The fourth-order valence-electron chi connectivity index (χ4n) is 3.57. The molecule has 20 heavy (non-hydrogen) atoms. The van der Waals surface area contributed by atoms with Crippen molar-refractivity contribution in [3.8, 4) is 0 Å². The molecule has 2 heterocycles. The molecule has 0 aromatic carbocycles. The molecule has 2 N–H and O–H groups in total. The van der Waals surface area contributed by atoms with Crippen molar-refractivity contribution in [1.29, 1.82) is 0 Å². The van der Waals surface area contributed by atoms with Crippen LogP contribution in [0.25, 0.3) is 0 Å². The van der Waals surface area contributed by atoms with Gasteiger partial charge in [0.1, 0.15) is 0 Å². The molecule has 1 aromatic rings. The molecule has 2 aliphatic rings. The molecular formula is C14H24N6. The third kappa shape index (κ3) is 2.51. The molecule has 1 saturated heterocycles. The lowest BCUT2D eigenvalue weighted by atomic mass is 9.78. The minimum absolute atomic E-state index is 0.316. The van der Waals surface area contributed by atoms with Crippen molar-refractivity contribution >= 4 is 17.8 Å². The molecule has 110 valence electrons. The molecule has 0 amide bonds. The van der Waals surface area contributed by atoms with Gasteiger partial charge in [0.25, 0.3) is 0 Å². The smallest absolute Gasteiger partial charge is 0.232 e. The summed E-state index contributed by atoms with van der Waals surface area (Å²) in [5.74, 6) is 2.53. The van der Waals surface area contributed by atoms with Crippen molar-refractivity contribution in [2.45, 2.75) is 44.6 Å². The van der Waals surface area contributed by atoms with E-state index in [1.165, 1.54) is 38.5 Å². The Balaban J connectivity index is 1.90. The Kier molecular flexibility index (Phi) is 3.63. The summed E-state index contributed by atoms with van der Waals surface area (Å²) < 4.78 is 0. The Morgan fingerprint density at radius 3 is 2.60 bits per heavy atom. The van der Waals surface area contributed by atoms with Crippen molar-refractivity contribution in [1.82, 2.24) is 15.0 Å². The Labute approximate surface area is 120 Å². The minimum atomic E-state index is 0.316. The Bertz CT molecular complexity index is 473. The molecule has 6 nitrogen and oxygen atoms in total. The number of anilines is 3. The topological polar surface area (TPSA) is 71.2 Å². The number of piperidine rings is 1. The molecule has 1 aliphatic heterocycles. The predicted molar refractivity (Wildman–Crippen MR) is 80.9 cm³/mol. The Morgan fingerprint density at radius 1 is 1.05 bits per heavy atom. The van der Waals surface area contributed by atoms with Crippen LogP contribution < -0.4 is 15.5 Å². The summed E-state index contributed by atoms with van der Waals surface area (Å²) in [5, 5.41) is 0. The molecule has 0 unspecified atom stereocenters. The molecule has 6 heteroatoms. The van der Waals surface area contributed by atoms with Gasteiger partial charge in [-0.25, -0.2) is 0 Å². The zero-order valence-corrected chi connectivity index (χ0v) is 12.4. The Morgan fingerprint density at radius 2 is 1.80 bits per heavy atom. The van der Waals surface area contributed by atoms with Gasteiger partial charge in [-0.15, -0.1) is 0 Å². The second kappa shape index (κ2) is 5.42. The maximum absolute atomic E-state index is 5.86. The summed E-state index contributed by atoms with van der Waals surface area (Å²) in [5.41, 5.74) is 5.86. The van der Waals surface area contributed by atoms with Gasteiger partial charge in [0.2, 0.25) is 17.8 Å². The van der Waals surface area contributed by atoms with Crippen LogP contribution in [0.5, 0.6) is 0 Å². The van der Waals surface area contributed by atoms with E-state index in [2.05, 4.69) is 19.9 Å². The molecular weight excluding hydrogens is 252 g/mol. The van der Waals surface area contributed by atoms with Crippen LogP contribution >= 0.6 is 0 Å². The van der Waals surface area contributed by atoms with Gasteiger partial charge in [-0.1, -0.05) is 12.8 Å². The first-order chi connectivity index (χ1) is 9.65. The second-order valence-corrected chi connectivity index (χ2v) is 6.14. The summed E-state index contributed by atoms with van der Waals surface area (Å²) in [6.45, 7) is 1.04. The number of nitrogens with two attached hydrogens (primary N) is 1. The van der Waals surface area contributed by atoms with Gasteiger partial charge in [-0.2, -0.15) is 15.0 Å². The lowest BCUT2D eigenvalue weighted by Crippen LogP contribution is -2.47. The van der Waals surface area contributed by atoms with Gasteiger partial charge < -0.3 is 15.5 Å². The molecule has 1 aromatic heterocycles. The largest absolute Gasteiger partial charge is 0.368 e. The Hall–Kier alpha value is -1.59. The van der Waals surface area contributed by atoms with E-state index in [4.69, 9.17) is 5.73 Å². The molecule has 1 saturated carbocycles. The molecule has 0 radical (unpaired) electrons. The van der Waals surface area contributed by atoms with E-state index >= 15 is 0 Å². The van der Waals surface area contributed by atoms with E-state index in [1.54, 1.807) is 0 Å². The first-order valence-corrected chi connectivity index (χ1v) is 7.60. The van der Waals surface area contributed by atoms with Crippen molar-refractivity contribution in [3.63, 3.8) is 0 Å². The minimum Gasteiger partial charge on any atom is -0.368 e. The number of fused-ring (bicyclic) bond motifs is 1. The van der Waals surface area contributed by atoms with Gasteiger partial charge in [0.05, 0.1) is 0 Å². The zero-order chi connectivity index (χ0) is 14.1.